The number of methoxy groups -OCH3 is 1. The third kappa shape index (κ3) is 3.43. The lowest BCUT2D eigenvalue weighted by Gasteiger charge is -2.15. The van der Waals surface area contributed by atoms with E-state index < -0.39 is 0 Å². The second-order valence-electron chi connectivity index (χ2n) is 6.33. The molecule has 1 aliphatic rings. The van der Waals surface area contributed by atoms with Crippen molar-refractivity contribution in [2.45, 2.75) is 45.1 Å². The molecule has 1 fully saturated rings. The summed E-state index contributed by atoms with van der Waals surface area (Å²) in [5, 5.41) is 3.29. The highest BCUT2D eigenvalue weighted by atomic mass is 16.5. The maximum Gasteiger partial charge on any atom is 0.201 e. The van der Waals surface area contributed by atoms with Crippen LogP contribution < -0.4 is 20.5 Å². The number of nitrogens with two attached hydrogens (primary N) is 1. The van der Waals surface area contributed by atoms with E-state index in [2.05, 4.69) is 21.8 Å². The molecule has 0 spiro atoms. The van der Waals surface area contributed by atoms with Gasteiger partial charge in [-0.1, -0.05) is 19.8 Å². The summed E-state index contributed by atoms with van der Waals surface area (Å²) in [5.41, 5.74) is 8.11. The van der Waals surface area contributed by atoms with Crippen LogP contribution >= 0.6 is 0 Å². The van der Waals surface area contributed by atoms with Crippen molar-refractivity contribution in [3.05, 3.63) is 12.1 Å². The predicted octanol–water partition coefficient (Wildman–Crippen LogP) is 3.12. The zero-order valence-corrected chi connectivity index (χ0v) is 14.7. The van der Waals surface area contributed by atoms with E-state index in [1.807, 2.05) is 12.1 Å². The Bertz CT molecular complexity index is 677. The van der Waals surface area contributed by atoms with E-state index in [4.69, 9.17) is 15.2 Å². The fourth-order valence-corrected chi connectivity index (χ4v) is 3.50. The molecule has 2 aromatic rings. The molecule has 0 radical (unpaired) electrons. The molecule has 0 bridgehead atoms. The number of nitrogen functional groups attached to an aromatic ring is 1. The highest BCUT2D eigenvalue weighted by Crippen LogP contribution is 2.38. The Morgan fingerprint density at radius 2 is 2.08 bits per heavy atom. The highest BCUT2D eigenvalue weighted by molar-refractivity contribution is 5.82. The van der Waals surface area contributed by atoms with E-state index in [1.165, 1.54) is 25.7 Å². The predicted molar refractivity (Wildman–Crippen MR) is 96.9 cm³/mol. The lowest BCUT2D eigenvalue weighted by molar-refractivity contribution is 0.288. The highest BCUT2D eigenvalue weighted by Gasteiger charge is 2.23. The third-order valence-electron chi connectivity index (χ3n) is 4.70. The lowest BCUT2D eigenvalue weighted by Crippen LogP contribution is -2.16. The van der Waals surface area contributed by atoms with Crippen molar-refractivity contribution in [3.63, 3.8) is 0 Å². The number of fused-ring (bicyclic) bond motifs is 1. The van der Waals surface area contributed by atoms with Crippen molar-refractivity contribution in [1.29, 1.82) is 0 Å². The van der Waals surface area contributed by atoms with Crippen molar-refractivity contribution in [1.82, 2.24) is 14.9 Å². The number of ether oxygens (including phenoxy) is 2. The van der Waals surface area contributed by atoms with Crippen LogP contribution in [0.25, 0.3) is 11.0 Å². The third-order valence-corrected chi connectivity index (χ3v) is 4.70. The van der Waals surface area contributed by atoms with Crippen molar-refractivity contribution in [3.8, 4) is 11.5 Å². The van der Waals surface area contributed by atoms with E-state index >= 15 is 0 Å². The molecule has 0 saturated heterocycles. The Balaban J connectivity index is 1.83. The average Bonchev–Trinajstić information content (AvgIpc) is 3.20. The topological polar surface area (TPSA) is 74.3 Å². The van der Waals surface area contributed by atoms with Gasteiger partial charge in [0.1, 0.15) is 0 Å². The summed E-state index contributed by atoms with van der Waals surface area (Å²) in [7, 11) is 1.67. The molecule has 132 valence electrons. The molecule has 1 aromatic heterocycles. The summed E-state index contributed by atoms with van der Waals surface area (Å²) >= 11 is 0. The Morgan fingerprint density at radius 3 is 2.79 bits per heavy atom. The first-order chi connectivity index (χ1) is 11.7. The number of benzene rings is 1. The van der Waals surface area contributed by atoms with Crippen molar-refractivity contribution >= 4 is 17.0 Å². The van der Waals surface area contributed by atoms with Crippen LogP contribution in [0.1, 0.15) is 45.1 Å². The Labute approximate surface area is 143 Å². The molecule has 3 N–H and O–H groups in total. The maximum atomic E-state index is 6.19. The molecular formula is C18H28N4O2. The van der Waals surface area contributed by atoms with Crippen LogP contribution in [0, 0.1) is 0 Å². The minimum absolute atomic E-state index is 0.451. The van der Waals surface area contributed by atoms with Gasteiger partial charge >= 0.3 is 0 Å². The molecule has 24 heavy (non-hydrogen) atoms. The van der Waals surface area contributed by atoms with Crippen LogP contribution in [0.5, 0.6) is 11.5 Å². The van der Waals surface area contributed by atoms with Gasteiger partial charge in [-0.25, -0.2) is 4.98 Å². The SMILES string of the molecule is CCNCCCOc1cc2nc(N)n(C3CCCC3)c2cc1OC. The van der Waals surface area contributed by atoms with Crippen molar-refractivity contribution in [2.24, 2.45) is 0 Å². The molecule has 1 aromatic carbocycles. The number of rotatable bonds is 8. The van der Waals surface area contributed by atoms with Crippen molar-refractivity contribution < 1.29 is 9.47 Å². The number of nitrogens with one attached hydrogen (secondary N) is 1. The van der Waals surface area contributed by atoms with Crippen LogP contribution in [0.2, 0.25) is 0 Å². The summed E-state index contributed by atoms with van der Waals surface area (Å²) in [6.45, 7) is 4.67. The average molecular weight is 332 g/mol. The van der Waals surface area contributed by atoms with Gasteiger partial charge in [-0.2, -0.15) is 0 Å². The molecule has 3 rings (SSSR count). The first-order valence-electron chi connectivity index (χ1n) is 8.93. The number of hydrogen-bond donors (Lipinski definition) is 2. The van der Waals surface area contributed by atoms with Crippen molar-refractivity contribution in [2.75, 3.05) is 32.5 Å². The summed E-state index contributed by atoms with van der Waals surface area (Å²) in [6, 6.07) is 4.41. The van der Waals surface area contributed by atoms with Crippen LogP contribution in [0.3, 0.4) is 0 Å². The van der Waals surface area contributed by atoms with E-state index in [0.717, 1.165) is 42.0 Å². The minimum atomic E-state index is 0.451. The van der Waals surface area contributed by atoms with Gasteiger partial charge in [-0.15, -0.1) is 0 Å². The Morgan fingerprint density at radius 1 is 1.29 bits per heavy atom. The number of nitrogens with zero attached hydrogens (tertiary/aromatic N) is 2. The molecule has 1 saturated carbocycles. The van der Waals surface area contributed by atoms with Gasteiger partial charge in [0.2, 0.25) is 5.95 Å². The molecule has 0 unspecified atom stereocenters. The summed E-state index contributed by atoms with van der Waals surface area (Å²) in [4.78, 5) is 4.54. The smallest absolute Gasteiger partial charge is 0.201 e. The number of hydrogen-bond acceptors (Lipinski definition) is 5. The summed E-state index contributed by atoms with van der Waals surface area (Å²) in [6.07, 6.45) is 5.80. The van der Waals surface area contributed by atoms with Crippen LogP contribution in [0.15, 0.2) is 12.1 Å². The van der Waals surface area contributed by atoms with E-state index in [0.29, 0.717) is 18.6 Å². The fraction of sp³-hybridized carbons (Fsp3) is 0.611. The van der Waals surface area contributed by atoms with Gasteiger partial charge in [0.15, 0.2) is 11.5 Å². The number of anilines is 1. The monoisotopic (exact) mass is 332 g/mol. The molecule has 1 heterocycles. The molecule has 6 heteroatoms. The fourth-order valence-electron chi connectivity index (χ4n) is 3.50. The van der Waals surface area contributed by atoms with Gasteiger partial charge in [-0.05, 0) is 32.4 Å². The normalized spacial score (nSPS) is 15.2. The molecular weight excluding hydrogens is 304 g/mol. The van der Waals surface area contributed by atoms with Crippen LogP contribution in [-0.2, 0) is 0 Å². The molecule has 1 aliphatic carbocycles. The van der Waals surface area contributed by atoms with Gasteiger partial charge in [0.25, 0.3) is 0 Å². The van der Waals surface area contributed by atoms with Gasteiger partial charge < -0.3 is 25.1 Å². The molecule has 0 aliphatic heterocycles. The summed E-state index contributed by atoms with van der Waals surface area (Å²) < 4.78 is 13.6. The molecule has 6 nitrogen and oxygen atoms in total. The second-order valence-corrected chi connectivity index (χ2v) is 6.33. The first-order valence-corrected chi connectivity index (χ1v) is 8.93. The van der Waals surface area contributed by atoms with Gasteiger partial charge in [0.05, 0.1) is 24.8 Å². The Hall–Kier alpha value is -1.95. The standard InChI is InChI=1S/C18H28N4O2/c1-3-20-9-6-10-24-17-11-14-15(12-16(17)23-2)22(18(19)21-14)13-7-4-5-8-13/h11-13,20H,3-10H2,1-2H3,(H2,19,21). The number of imidazole rings is 1. The van der Waals surface area contributed by atoms with Gasteiger partial charge in [-0.3, -0.25) is 0 Å². The minimum Gasteiger partial charge on any atom is -0.493 e. The maximum absolute atomic E-state index is 6.19. The summed E-state index contributed by atoms with van der Waals surface area (Å²) in [5.74, 6) is 2.06. The molecule has 0 amide bonds. The largest absolute Gasteiger partial charge is 0.493 e. The van der Waals surface area contributed by atoms with Crippen LogP contribution in [-0.4, -0.2) is 36.4 Å². The molecule has 0 atom stereocenters. The zero-order valence-electron chi connectivity index (χ0n) is 14.7. The lowest BCUT2D eigenvalue weighted by atomic mass is 10.2. The van der Waals surface area contributed by atoms with Gasteiger partial charge in [0, 0.05) is 18.2 Å². The zero-order chi connectivity index (χ0) is 16.9. The Kier molecular flexibility index (Phi) is 5.45. The second kappa shape index (κ2) is 7.75. The number of aromatic nitrogens is 2. The first kappa shape index (κ1) is 16.9. The van der Waals surface area contributed by atoms with Crippen LogP contribution in [0.4, 0.5) is 5.95 Å². The van der Waals surface area contributed by atoms with E-state index in [-0.39, 0.29) is 0 Å². The van der Waals surface area contributed by atoms with E-state index in [9.17, 15) is 0 Å². The van der Waals surface area contributed by atoms with E-state index in [1.54, 1.807) is 7.11 Å². The quantitative estimate of drug-likeness (QED) is 0.727.